The molecule has 1 aromatic carbocycles. The smallest absolute Gasteiger partial charge is 0.0992 e. The molecule has 0 atom stereocenters. The number of hydrogen-bond acceptors (Lipinski definition) is 2. The van der Waals surface area contributed by atoms with E-state index in [1.54, 1.807) is 12.1 Å². The summed E-state index contributed by atoms with van der Waals surface area (Å²) in [4.78, 5) is 4.31. The molecule has 0 N–H and O–H groups in total. The molecular weight excluding hydrogens is 196 g/mol. The van der Waals surface area contributed by atoms with Crippen molar-refractivity contribution in [3.05, 3.63) is 40.5 Å². The molecule has 0 aliphatic rings. The Morgan fingerprint density at radius 3 is 2.86 bits per heavy atom. The van der Waals surface area contributed by atoms with Gasteiger partial charge in [0.05, 0.1) is 22.2 Å². The molecule has 0 radical (unpaired) electrons. The van der Waals surface area contributed by atoms with E-state index in [0.717, 1.165) is 16.6 Å². The van der Waals surface area contributed by atoms with Crippen molar-refractivity contribution in [2.75, 3.05) is 0 Å². The summed E-state index contributed by atoms with van der Waals surface area (Å²) in [5, 5.41) is 10.3. The highest BCUT2D eigenvalue weighted by Gasteiger charge is 2.02. The summed E-state index contributed by atoms with van der Waals surface area (Å²) in [6.07, 6.45) is 0. The summed E-state index contributed by atoms with van der Waals surface area (Å²) < 4.78 is 0. The van der Waals surface area contributed by atoms with Crippen LogP contribution < -0.4 is 0 Å². The molecule has 0 aliphatic carbocycles. The van der Waals surface area contributed by atoms with Crippen molar-refractivity contribution >= 4 is 22.5 Å². The normalized spacial score (nSPS) is 10.1. The molecular formula is C11H7ClN2. The van der Waals surface area contributed by atoms with E-state index < -0.39 is 0 Å². The number of fused-ring (bicyclic) bond motifs is 1. The van der Waals surface area contributed by atoms with Crippen molar-refractivity contribution in [1.82, 2.24) is 4.98 Å². The van der Waals surface area contributed by atoms with Crippen LogP contribution in [0.15, 0.2) is 24.3 Å². The third-order valence-corrected chi connectivity index (χ3v) is 2.33. The van der Waals surface area contributed by atoms with E-state index in [1.807, 2.05) is 19.1 Å². The second kappa shape index (κ2) is 3.28. The Morgan fingerprint density at radius 2 is 2.14 bits per heavy atom. The fourth-order valence-corrected chi connectivity index (χ4v) is 1.70. The molecule has 0 amide bonds. The second-order valence-electron chi connectivity index (χ2n) is 3.09. The lowest BCUT2D eigenvalue weighted by molar-refractivity contribution is 1.25. The van der Waals surface area contributed by atoms with Crippen molar-refractivity contribution in [2.45, 2.75) is 6.92 Å². The Morgan fingerprint density at radius 1 is 1.36 bits per heavy atom. The fraction of sp³-hybridized carbons (Fsp3) is 0.0909. The summed E-state index contributed by atoms with van der Waals surface area (Å²) in [5.41, 5.74) is 2.23. The van der Waals surface area contributed by atoms with Crippen molar-refractivity contribution in [3.63, 3.8) is 0 Å². The first kappa shape index (κ1) is 8.98. The lowest BCUT2D eigenvalue weighted by Gasteiger charge is -2.01. The monoisotopic (exact) mass is 202 g/mol. The number of pyridine rings is 1. The number of hydrogen-bond donors (Lipinski definition) is 0. The minimum atomic E-state index is 0.603. The largest absolute Gasteiger partial charge is 0.253 e. The Hall–Kier alpha value is -1.59. The van der Waals surface area contributed by atoms with Gasteiger partial charge in [0.25, 0.3) is 0 Å². The van der Waals surface area contributed by atoms with E-state index in [0.29, 0.717) is 10.6 Å². The molecule has 0 aliphatic heterocycles. The Kier molecular flexibility index (Phi) is 2.11. The first-order valence-electron chi connectivity index (χ1n) is 4.18. The maximum atomic E-state index is 8.72. The van der Waals surface area contributed by atoms with E-state index in [2.05, 4.69) is 11.1 Å². The number of benzene rings is 1. The molecule has 14 heavy (non-hydrogen) atoms. The third-order valence-electron chi connectivity index (χ3n) is 2.02. The Bertz CT molecular complexity index is 541. The van der Waals surface area contributed by atoms with Crippen LogP contribution >= 0.6 is 11.6 Å². The summed E-state index contributed by atoms with van der Waals surface area (Å²) in [5.74, 6) is 0. The number of rotatable bonds is 0. The van der Waals surface area contributed by atoms with Crippen molar-refractivity contribution in [2.24, 2.45) is 0 Å². The Balaban J connectivity index is 2.83. The van der Waals surface area contributed by atoms with Gasteiger partial charge in [0.1, 0.15) is 0 Å². The van der Waals surface area contributed by atoms with Crippen LogP contribution in [0.2, 0.25) is 5.02 Å². The SMILES string of the molecule is Cc1cc(Cl)c2ccc(C#N)cc2n1. The number of halogens is 1. The van der Waals surface area contributed by atoms with E-state index in [1.165, 1.54) is 0 Å². The van der Waals surface area contributed by atoms with Crippen molar-refractivity contribution in [1.29, 1.82) is 5.26 Å². The number of aryl methyl sites for hydroxylation is 1. The van der Waals surface area contributed by atoms with Gasteiger partial charge in [0.15, 0.2) is 0 Å². The molecule has 2 rings (SSSR count). The van der Waals surface area contributed by atoms with Gasteiger partial charge in [-0.05, 0) is 31.2 Å². The average molecular weight is 203 g/mol. The predicted molar refractivity (Wildman–Crippen MR) is 56.2 cm³/mol. The molecule has 2 nitrogen and oxygen atoms in total. The minimum absolute atomic E-state index is 0.603. The Labute approximate surface area is 86.8 Å². The first-order chi connectivity index (χ1) is 6.70. The van der Waals surface area contributed by atoms with Crippen molar-refractivity contribution in [3.8, 4) is 6.07 Å². The molecule has 0 spiro atoms. The number of nitrogens with zero attached hydrogens (tertiary/aromatic N) is 2. The molecule has 0 bridgehead atoms. The highest BCUT2D eigenvalue weighted by Crippen LogP contribution is 2.23. The molecule has 3 heteroatoms. The van der Waals surface area contributed by atoms with Gasteiger partial charge in [-0.3, -0.25) is 4.98 Å². The minimum Gasteiger partial charge on any atom is -0.253 e. The van der Waals surface area contributed by atoms with Gasteiger partial charge in [0, 0.05) is 11.1 Å². The van der Waals surface area contributed by atoms with E-state index in [4.69, 9.17) is 16.9 Å². The first-order valence-corrected chi connectivity index (χ1v) is 4.55. The van der Waals surface area contributed by atoms with Gasteiger partial charge in [-0.25, -0.2) is 0 Å². The van der Waals surface area contributed by atoms with Crippen LogP contribution in [0.5, 0.6) is 0 Å². The number of aromatic nitrogens is 1. The molecule has 0 fully saturated rings. The maximum absolute atomic E-state index is 8.72. The van der Waals surface area contributed by atoms with E-state index in [9.17, 15) is 0 Å². The third kappa shape index (κ3) is 1.43. The highest BCUT2D eigenvalue weighted by molar-refractivity contribution is 6.35. The van der Waals surface area contributed by atoms with Crippen molar-refractivity contribution < 1.29 is 0 Å². The zero-order valence-electron chi connectivity index (χ0n) is 7.58. The molecule has 0 unspecified atom stereocenters. The molecule has 68 valence electrons. The van der Waals surface area contributed by atoms with Gasteiger partial charge in [0.2, 0.25) is 0 Å². The number of nitriles is 1. The van der Waals surface area contributed by atoms with Crippen LogP contribution in [0.25, 0.3) is 10.9 Å². The lowest BCUT2D eigenvalue weighted by Crippen LogP contribution is -1.85. The summed E-state index contributed by atoms with van der Waals surface area (Å²) in [6.45, 7) is 1.88. The van der Waals surface area contributed by atoms with Gasteiger partial charge in [-0.2, -0.15) is 5.26 Å². The molecule has 1 aromatic heterocycles. The second-order valence-corrected chi connectivity index (χ2v) is 3.50. The van der Waals surface area contributed by atoms with Crippen LogP contribution in [-0.4, -0.2) is 4.98 Å². The van der Waals surface area contributed by atoms with Crippen LogP contribution in [0, 0.1) is 18.3 Å². The van der Waals surface area contributed by atoms with Gasteiger partial charge < -0.3 is 0 Å². The van der Waals surface area contributed by atoms with E-state index >= 15 is 0 Å². The topological polar surface area (TPSA) is 36.7 Å². The summed E-state index contributed by atoms with van der Waals surface area (Å²) >= 11 is 6.03. The standard InChI is InChI=1S/C11H7ClN2/c1-7-4-10(12)9-3-2-8(6-13)5-11(9)14-7/h2-5H,1H3. The van der Waals surface area contributed by atoms with Gasteiger partial charge >= 0.3 is 0 Å². The quantitative estimate of drug-likeness (QED) is 0.658. The van der Waals surface area contributed by atoms with Crippen LogP contribution in [0.4, 0.5) is 0 Å². The van der Waals surface area contributed by atoms with E-state index in [-0.39, 0.29) is 0 Å². The van der Waals surface area contributed by atoms with Crippen LogP contribution in [-0.2, 0) is 0 Å². The van der Waals surface area contributed by atoms with Gasteiger partial charge in [-0.15, -0.1) is 0 Å². The summed E-state index contributed by atoms with van der Waals surface area (Å²) in [7, 11) is 0. The van der Waals surface area contributed by atoms with Crippen LogP contribution in [0.3, 0.4) is 0 Å². The lowest BCUT2D eigenvalue weighted by atomic mass is 10.1. The average Bonchev–Trinajstić information content (AvgIpc) is 2.16. The molecule has 0 saturated carbocycles. The zero-order valence-corrected chi connectivity index (χ0v) is 8.34. The highest BCUT2D eigenvalue weighted by atomic mass is 35.5. The summed E-state index contributed by atoms with van der Waals surface area (Å²) in [6, 6.07) is 9.20. The maximum Gasteiger partial charge on any atom is 0.0992 e. The fourth-order valence-electron chi connectivity index (χ4n) is 1.38. The molecule has 0 saturated heterocycles. The van der Waals surface area contributed by atoms with Gasteiger partial charge in [-0.1, -0.05) is 11.6 Å². The zero-order chi connectivity index (χ0) is 10.1. The predicted octanol–water partition coefficient (Wildman–Crippen LogP) is 3.07. The molecule has 2 aromatic rings. The molecule has 1 heterocycles. The van der Waals surface area contributed by atoms with Crippen LogP contribution in [0.1, 0.15) is 11.3 Å².